The van der Waals surface area contributed by atoms with Crippen LogP contribution in [0, 0.1) is 0 Å². The molecule has 2 amide bonds. The Hall–Kier alpha value is -2.57. The van der Waals surface area contributed by atoms with E-state index < -0.39 is 18.0 Å². The van der Waals surface area contributed by atoms with Crippen LogP contribution in [0.4, 0.5) is 4.79 Å². The van der Waals surface area contributed by atoms with Crippen molar-refractivity contribution in [3.8, 4) is 0 Å². The number of hydrogen-bond donors (Lipinski definition) is 1. The molecule has 0 atom stereocenters. The molecule has 1 aliphatic heterocycles. The third-order valence-electron chi connectivity index (χ3n) is 3.21. The fourth-order valence-corrected chi connectivity index (χ4v) is 2.04. The molecule has 1 aromatic carbocycles. The van der Waals surface area contributed by atoms with Gasteiger partial charge in [-0.05, 0) is 5.56 Å². The molecule has 7 nitrogen and oxygen atoms in total. The molecule has 0 bridgehead atoms. The summed E-state index contributed by atoms with van der Waals surface area (Å²) < 4.78 is 5.18. The minimum absolute atomic E-state index is 0.188. The predicted molar refractivity (Wildman–Crippen MR) is 72.4 cm³/mol. The number of hydrogen-bond acceptors (Lipinski definition) is 4. The average molecular weight is 292 g/mol. The molecule has 1 aromatic rings. The molecule has 0 aromatic heterocycles. The van der Waals surface area contributed by atoms with Crippen LogP contribution in [-0.4, -0.2) is 59.1 Å². The lowest BCUT2D eigenvalue weighted by Gasteiger charge is -2.33. The van der Waals surface area contributed by atoms with Gasteiger partial charge in [-0.3, -0.25) is 4.79 Å². The third kappa shape index (κ3) is 3.95. The van der Waals surface area contributed by atoms with E-state index in [9.17, 15) is 14.4 Å². The van der Waals surface area contributed by atoms with Crippen molar-refractivity contribution in [3.63, 3.8) is 0 Å². The van der Waals surface area contributed by atoms with Crippen molar-refractivity contribution >= 4 is 18.0 Å². The molecule has 1 saturated heterocycles. The summed E-state index contributed by atoms with van der Waals surface area (Å²) in [6, 6.07) is 9.32. The number of carboxylic acid groups (broad SMARTS) is 1. The van der Waals surface area contributed by atoms with Crippen molar-refractivity contribution in [2.24, 2.45) is 0 Å². The normalized spacial score (nSPS) is 14.7. The fraction of sp³-hybridized carbons (Fsp3) is 0.357. The molecular formula is C14H16N2O5. The van der Waals surface area contributed by atoms with Crippen LogP contribution >= 0.6 is 0 Å². The first-order chi connectivity index (χ1) is 10.1. The highest BCUT2D eigenvalue weighted by Crippen LogP contribution is 2.07. The first kappa shape index (κ1) is 14.8. The van der Waals surface area contributed by atoms with E-state index >= 15 is 0 Å². The average Bonchev–Trinajstić information content (AvgIpc) is 2.53. The highest BCUT2D eigenvalue weighted by molar-refractivity contribution is 6.31. The Morgan fingerprint density at radius 3 is 2.14 bits per heavy atom. The minimum atomic E-state index is -1.48. The van der Waals surface area contributed by atoms with Gasteiger partial charge >= 0.3 is 18.0 Å². The van der Waals surface area contributed by atoms with Crippen LogP contribution in [0.1, 0.15) is 5.56 Å². The van der Waals surface area contributed by atoms with E-state index in [-0.39, 0.29) is 32.8 Å². The van der Waals surface area contributed by atoms with E-state index in [0.29, 0.717) is 0 Å². The number of aliphatic carboxylic acids is 1. The van der Waals surface area contributed by atoms with Gasteiger partial charge in [0.15, 0.2) is 0 Å². The van der Waals surface area contributed by atoms with E-state index in [1.54, 1.807) is 0 Å². The van der Waals surface area contributed by atoms with Gasteiger partial charge < -0.3 is 19.6 Å². The molecule has 1 aliphatic rings. The quantitative estimate of drug-likeness (QED) is 0.804. The highest BCUT2D eigenvalue weighted by atomic mass is 16.6. The largest absolute Gasteiger partial charge is 0.474 e. The Bertz CT molecular complexity index is 523. The summed E-state index contributed by atoms with van der Waals surface area (Å²) in [6.07, 6.45) is -0.457. The number of nitrogens with zero attached hydrogens (tertiary/aromatic N) is 2. The van der Waals surface area contributed by atoms with Gasteiger partial charge in [0.05, 0.1) is 0 Å². The Labute approximate surface area is 121 Å². The van der Waals surface area contributed by atoms with E-state index in [0.717, 1.165) is 5.56 Å². The van der Waals surface area contributed by atoms with Crippen molar-refractivity contribution in [2.45, 2.75) is 6.61 Å². The number of piperazine rings is 1. The molecule has 0 spiro atoms. The Balaban J connectivity index is 1.78. The van der Waals surface area contributed by atoms with Crippen molar-refractivity contribution < 1.29 is 24.2 Å². The number of carboxylic acids is 1. The van der Waals surface area contributed by atoms with Crippen LogP contribution in [0.3, 0.4) is 0 Å². The number of rotatable bonds is 2. The van der Waals surface area contributed by atoms with Gasteiger partial charge in [-0.25, -0.2) is 9.59 Å². The number of carbonyl (C=O) groups excluding carboxylic acids is 2. The maximum atomic E-state index is 11.9. The Morgan fingerprint density at radius 2 is 1.57 bits per heavy atom. The van der Waals surface area contributed by atoms with Gasteiger partial charge in [0.1, 0.15) is 6.61 Å². The highest BCUT2D eigenvalue weighted by Gasteiger charge is 2.28. The first-order valence-electron chi connectivity index (χ1n) is 6.56. The van der Waals surface area contributed by atoms with Crippen molar-refractivity contribution in [1.29, 1.82) is 0 Å². The van der Waals surface area contributed by atoms with Crippen LogP contribution in [0.25, 0.3) is 0 Å². The van der Waals surface area contributed by atoms with Crippen LogP contribution in [0.2, 0.25) is 0 Å². The molecule has 112 valence electrons. The van der Waals surface area contributed by atoms with Gasteiger partial charge in [-0.2, -0.15) is 0 Å². The van der Waals surface area contributed by atoms with Crippen molar-refractivity contribution in [3.05, 3.63) is 35.9 Å². The summed E-state index contributed by atoms with van der Waals surface area (Å²) in [6.45, 7) is 1.13. The molecule has 0 unspecified atom stereocenters. The molecule has 1 fully saturated rings. The summed E-state index contributed by atoms with van der Waals surface area (Å²) in [4.78, 5) is 36.4. The summed E-state index contributed by atoms with van der Waals surface area (Å²) >= 11 is 0. The van der Waals surface area contributed by atoms with E-state index in [1.165, 1.54) is 9.80 Å². The number of ether oxygens (including phenoxy) is 1. The summed E-state index contributed by atoms with van der Waals surface area (Å²) in [7, 11) is 0. The molecule has 2 rings (SSSR count). The SMILES string of the molecule is O=C(O)C(=O)N1CCN(C(=O)OCc2ccccc2)CC1. The lowest BCUT2D eigenvalue weighted by atomic mass is 10.2. The fourth-order valence-electron chi connectivity index (χ4n) is 2.04. The maximum absolute atomic E-state index is 11.9. The summed E-state index contributed by atoms with van der Waals surface area (Å²) in [5.74, 6) is -2.41. The second-order valence-corrected chi connectivity index (χ2v) is 4.62. The van der Waals surface area contributed by atoms with Crippen LogP contribution < -0.4 is 0 Å². The molecule has 1 heterocycles. The van der Waals surface area contributed by atoms with Gasteiger partial charge in [0.2, 0.25) is 0 Å². The molecule has 7 heteroatoms. The first-order valence-corrected chi connectivity index (χ1v) is 6.56. The zero-order chi connectivity index (χ0) is 15.2. The topological polar surface area (TPSA) is 87.2 Å². The second-order valence-electron chi connectivity index (χ2n) is 4.62. The zero-order valence-electron chi connectivity index (χ0n) is 11.4. The minimum Gasteiger partial charge on any atom is -0.474 e. The van der Waals surface area contributed by atoms with Gasteiger partial charge in [-0.1, -0.05) is 30.3 Å². The molecule has 0 radical (unpaired) electrons. The number of carbonyl (C=O) groups is 3. The number of benzene rings is 1. The second kappa shape index (κ2) is 6.74. The summed E-state index contributed by atoms with van der Waals surface area (Å²) in [5.41, 5.74) is 0.894. The van der Waals surface area contributed by atoms with E-state index in [2.05, 4.69) is 0 Å². The summed E-state index contributed by atoms with van der Waals surface area (Å²) in [5, 5.41) is 8.62. The van der Waals surface area contributed by atoms with Crippen LogP contribution in [0.5, 0.6) is 0 Å². The smallest absolute Gasteiger partial charge is 0.410 e. The molecule has 0 saturated carbocycles. The Kier molecular flexibility index (Phi) is 4.76. The lowest BCUT2D eigenvalue weighted by molar-refractivity contribution is -0.156. The Morgan fingerprint density at radius 1 is 1.00 bits per heavy atom. The van der Waals surface area contributed by atoms with Gasteiger partial charge in [0, 0.05) is 26.2 Å². The molecular weight excluding hydrogens is 276 g/mol. The molecule has 21 heavy (non-hydrogen) atoms. The van der Waals surface area contributed by atoms with Crippen molar-refractivity contribution in [1.82, 2.24) is 9.80 Å². The maximum Gasteiger partial charge on any atom is 0.410 e. The van der Waals surface area contributed by atoms with Crippen LogP contribution in [-0.2, 0) is 20.9 Å². The number of amides is 2. The van der Waals surface area contributed by atoms with E-state index in [1.807, 2.05) is 30.3 Å². The van der Waals surface area contributed by atoms with Gasteiger partial charge in [0.25, 0.3) is 0 Å². The van der Waals surface area contributed by atoms with Gasteiger partial charge in [-0.15, -0.1) is 0 Å². The third-order valence-corrected chi connectivity index (χ3v) is 3.21. The molecule has 0 aliphatic carbocycles. The molecule has 1 N–H and O–H groups in total. The van der Waals surface area contributed by atoms with Crippen LogP contribution in [0.15, 0.2) is 30.3 Å². The monoisotopic (exact) mass is 292 g/mol. The lowest BCUT2D eigenvalue weighted by Crippen LogP contribution is -2.52. The zero-order valence-corrected chi connectivity index (χ0v) is 11.4. The van der Waals surface area contributed by atoms with E-state index in [4.69, 9.17) is 9.84 Å². The van der Waals surface area contributed by atoms with Crippen molar-refractivity contribution in [2.75, 3.05) is 26.2 Å². The standard InChI is InChI=1S/C14H16N2O5/c17-12(13(18)19)15-6-8-16(9-7-15)14(20)21-10-11-4-2-1-3-5-11/h1-5H,6-10H2,(H,18,19). The predicted octanol–water partition coefficient (Wildman–Crippen LogP) is 0.552.